The number of benzene rings is 1. The Morgan fingerprint density at radius 3 is 2.72 bits per heavy atom. The second-order valence-electron chi connectivity index (χ2n) is 3.93. The molecule has 0 radical (unpaired) electrons. The fraction of sp³-hybridized carbons (Fsp3) is 0.143. The summed E-state index contributed by atoms with van der Waals surface area (Å²) in [5, 5.41) is 9.08. The fourth-order valence-electron chi connectivity index (χ4n) is 1.84. The Labute approximate surface area is 105 Å². The molecule has 0 bridgehead atoms. The van der Waals surface area contributed by atoms with Crippen LogP contribution in [0.5, 0.6) is 0 Å². The molecule has 2 aromatic rings. The van der Waals surface area contributed by atoms with Crippen LogP contribution in [0.3, 0.4) is 0 Å². The number of allylic oxidation sites excluding steroid dienone is 1. The van der Waals surface area contributed by atoms with Crippen molar-refractivity contribution in [1.29, 1.82) is 0 Å². The van der Waals surface area contributed by atoms with E-state index in [0.29, 0.717) is 13.0 Å². The van der Waals surface area contributed by atoms with Gasteiger partial charge in [-0.3, -0.25) is 0 Å². The zero-order valence-electron chi connectivity index (χ0n) is 9.91. The molecule has 4 nitrogen and oxygen atoms in total. The van der Waals surface area contributed by atoms with E-state index in [2.05, 4.69) is 11.6 Å². The van der Waals surface area contributed by atoms with Gasteiger partial charge in [-0.1, -0.05) is 36.4 Å². The van der Waals surface area contributed by atoms with Gasteiger partial charge < -0.3 is 9.67 Å². The summed E-state index contributed by atoms with van der Waals surface area (Å²) in [6.45, 7) is 4.09. The van der Waals surface area contributed by atoms with E-state index in [0.717, 1.165) is 11.4 Å². The van der Waals surface area contributed by atoms with Gasteiger partial charge in [0.25, 0.3) is 0 Å². The van der Waals surface area contributed by atoms with Crippen LogP contribution in [-0.4, -0.2) is 20.6 Å². The Morgan fingerprint density at radius 1 is 1.39 bits per heavy atom. The molecule has 0 spiro atoms. The summed E-state index contributed by atoms with van der Waals surface area (Å²) in [6, 6.07) is 9.84. The SMILES string of the molecule is C=CCn1c(C(=O)O)cnc1Cc1ccccc1. The average molecular weight is 242 g/mol. The summed E-state index contributed by atoms with van der Waals surface area (Å²) >= 11 is 0. The van der Waals surface area contributed by atoms with E-state index < -0.39 is 5.97 Å². The molecule has 1 aromatic carbocycles. The number of hydrogen-bond donors (Lipinski definition) is 1. The number of rotatable bonds is 5. The van der Waals surface area contributed by atoms with Crippen LogP contribution in [0.25, 0.3) is 0 Å². The fourth-order valence-corrected chi connectivity index (χ4v) is 1.84. The molecule has 0 atom stereocenters. The van der Waals surface area contributed by atoms with Crippen LogP contribution in [-0.2, 0) is 13.0 Å². The molecule has 18 heavy (non-hydrogen) atoms. The van der Waals surface area contributed by atoms with Crippen molar-refractivity contribution in [3.63, 3.8) is 0 Å². The maximum absolute atomic E-state index is 11.1. The van der Waals surface area contributed by atoms with Crippen LogP contribution in [0, 0.1) is 0 Å². The Hall–Kier alpha value is -2.36. The van der Waals surface area contributed by atoms with Gasteiger partial charge in [0.2, 0.25) is 0 Å². The molecule has 0 saturated heterocycles. The lowest BCUT2D eigenvalue weighted by molar-refractivity contribution is 0.0685. The summed E-state index contributed by atoms with van der Waals surface area (Å²) < 4.78 is 1.67. The summed E-state index contributed by atoms with van der Waals surface area (Å²) in [5.74, 6) is -0.234. The number of carbonyl (C=O) groups is 1. The first-order valence-corrected chi connectivity index (χ1v) is 5.65. The smallest absolute Gasteiger partial charge is 0.354 e. The van der Waals surface area contributed by atoms with Crippen LogP contribution in [0.15, 0.2) is 49.2 Å². The Balaban J connectivity index is 2.33. The van der Waals surface area contributed by atoms with Crippen molar-refractivity contribution in [2.75, 3.05) is 0 Å². The Kier molecular flexibility index (Phi) is 3.57. The maximum Gasteiger partial charge on any atom is 0.354 e. The number of aromatic carboxylic acids is 1. The highest BCUT2D eigenvalue weighted by atomic mass is 16.4. The van der Waals surface area contributed by atoms with Crippen molar-refractivity contribution in [2.24, 2.45) is 0 Å². The number of carboxylic acid groups (broad SMARTS) is 1. The van der Waals surface area contributed by atoms with Gasteiger partial charge in [0.15, 0.2) is 0 Å². The van der Waals surface area contributed by atoms with E-state index in [1.807, 2.05) is 30.3 Å². The van der Waals surface area contributed by atoms with Gasteiger partial charge in [-0.25, -0.2) is 9.78 Å². The topological polar surface area (TPSA) is 55.1 Å². The Morgan fingerprint density at radius 2 is 2.11 bits per heavy atom. The number of imidazole rings is 1. The largest absolute Gasteiger partial charge is 0.477 e. The zero-order valence-corrected chi connectivity index (χ0v) is 9.91. The van der Waals surface area contributed by atoms with Crippen LogP contribution in [0.4, 0.5) is 0 Å². The number of aromatic nitrogens is 2. The van der Waals surface area contributed by atoms with Gasteiger partial charge in [-0.05, 0) is 5.56 Å². The van der Waals surface area contributed by atoms with E-state index in [-0.39, 0.29) is 5.69 Å². The van der Waals surface area contributed by atoms with E-state index in [1.54, 1.807) is 10.6 Å². The molecular formula is C14H14N2O2. The third-order valence-electron chi connectivity index (χ3n) is 2.67. The van der Waals surface area contributed by atoms with Gasteiger partial charge in [-0.2, -0.15) is 0 Å². The third kappa shape index (κ3) is 2.48. The summed E-state index contributed by atoms with van der Waals surface area (Å²) in [6.07, 6.45) is 3.68. The van der Waals surface area contributed by atoms with Crippen molar-refractivity contribution < 1.29 is 9.90 Å². The lowest BCUT2D eigenvalue weighted by Gasteiger charge is -2.07. The van der Waals surface area contributed by atoms with Gasteiger partial charge in [0, 0.05) is 13.0 Å². The molecule has 0 unspecified atom stereocenters. The summed E-state index contributed by atoms with van der Waals surface area (Å²) in [7, 11) is 0. The molecule has 0 aliphatic heterocycles. The van der Waals surface area contributed by atoms with E-state index in [4.69, 9.17) is 5.11 Å². The average Bonchev–Trinajstić information content (AvgIpc) is 2.74. The van der Waals surface area contributed by atoms with E-state index in [9.17, 15) is 4.79 Å². The molecule has 1 aromatic heterocycles. The highest BCUT2D eigenvalue weighted by molar-refractivity contribution is 5.85. The monoisotopic (exact) mass is 242 g/mol. The molecule has 4 heteroatoms. The number of nitrogens with zero attached hydrogens (tertiary/aromatic N) is 2. The van der Waals surface area contributed by atoms with E-state index >= 15 is 0 Å². The quantitative estimate of drug-likeness (QED) is 0.819. The zero-order chi connectivity index (χ0) is 13.0. The lowest BCUT2D eigenvalue weighted by atomic mass is 10.1. The molecular weight excluding hydrogens is 228 g/mol. The molecule has 0 fully saturated rings. The van der Waals surface area contributed by atoms with Gasteiger partial charge in [0.1, 0.15) is 11.5 Å². The molecule has 1 N–H and O–H groups in total. The van der Waals surface area contributed by atoms with Crippen LogP contribution >= 0.6 is 0 Å². The lowest BCUT2D eigenvalue weighted by Crippen LogP contribution is -2.11. The van der Waals surface area contributed by atoms with Gasteiger partial charge >= 0.3 is 5.97 Å². The minimum atomic E-state index is -0.969. The van der Waals surface area contributed by atoms with Crippen molar-refractivity contribution >= 4 is 5.97 Å². The van der Waals surface area contributed by atoms with Crippen LogP contribution < -0.4 is 0 Å². The maximum atomic E-state index is 11.1. The van der Waals surface area contributed by atoms with Crippen LogP contribution in [0.2, 0.25) is 0 Å². The third-order valence-corrected chi connectivity index (χ3v) is 2.67. The first-order chi connectivity index (χ1) is 8.72. The first kappa shape index (κ1) is 12.1. The predicted molar refractivity (Wildman–Crippen MR) is 68.6 cm³/mol. The van der Waals surface area contributed by atoms with Crippen LogP contribution in [0.1, 0.15) is 21.9 Å². The molecule has 2 rings (SSSR count). The predicted octanol–water partition coefficient (Wildman–Crippen LogP) is 2.36. The minimum absolute atomic E-state index is 0.195. The molecule has 0 aliphatic rings. The van der Waals surface area contributed by atoms with Gasteiger partial charge in [0.05, 0.1) is 6.20 Å². The second-order valence-corrected chi connectivity index (χ2v) is 3.93. The highest BCUT2D eigenvalue weighted by Crippen LogP contribution is 2.11. The molecule has 0 saturated carbocycles. The summed E-state index contributed by atoms with van der Waals surface area (Å²) in [4.78, 5) is 15.3. The second kappa shape index (κ2) is 5.31. The molecule has 1 heterocycles. The summed E-state index contributed by atoms with van der Waals surface area (Å²) in [5.41, 5.74) is 1.30. The van der Waals surface area contributed by atoms with Crippen molar-refractivity contribution in [1.82, 2.24) is 9.55 Å². The van der Waals surface area contributed by atoms with E-state index in [1.165, 1.54) is 6.20 Å². The van der Waals surface area contributed by atoms with Crippen molar-refractivity contribution in [2.45, 2.75) is 13.0 Å². The van der Waals surface area contributed by atoms with Crippen molar-refractivity contribution in [3.05, 3.63) is 66.3 Å². The standard InChI is InChI=1S/C14H14N2O2/c1-2-8-16-12(14(17)18)10-15-13(16)9-11-6-4-3-5-7-11/h2-7,10H,1,8-9H2,(H,17,18). The first-order valence-electron chi connectivity index (χ1n) is 5.65. The minimum Gasteiger partial charge on any atom is -0.477 e. The number of carboxylic acids is 1. The molecule has 0 amide bonds. The normalized spacial score (nSPS) is 10.2. The molecule has 92 valence electrons. The van der Waals surface area contributed by atoms with Crippen molar-refractivity contribution in [3.8, 4) is 0 Å². The highest BCUT2D eigenvalue weighted by Gasteiger charge is 2.14. The van der Waals surface area contributed by atoms with Gasteiger partial charge in [-0.15, -0.1) is 6.58 Å². The Bertz CT molecular complexity index is 558. The number of hydrogen-bond acceptors (Lipinski definition) is 2. The molecule has 0 aliphatic carbocycles.